The van der Waals surface area contributed by atoms with Gasteiger partial charge in [0, 0.05) is 0 Å². The zero-order chi connectivity index (χ0) is 11.3. The van der Waals surface area contributed by atoms with E-state index in [9.17, 15) is 4.79 Å². The summed E-state index contributed by atoms with van der Waals surface area (Å²) in [6, 6.07) is 6.82. The van der Waals surface area contributed by atoms with Crippen molar-refractivity contribution in [2.75, 3.05) is 0 Å². The summed E-state index contributed by atoms with van der Waals surface area (Å²) in [4.78, 5) is 11.4. The van der Waals surface area contributed by atoms with Crippen molar-refractivity contribution in [2.45, 2.75) is 0 Å². The molecule has 0 fully saturated rings. The molecule has 0 N–H and O–H groups in total. The minimum absolute atomic E-state index is 0.0776. The van der Waals surface area contributed by atoms with Gasteiger partial charge in [0.25, 0.3) is 0 Å². The molecule has 78 valence electrons. The van der Waals surface area contributed by atoms with E-state index in [1.807, 2.05) is 0 Å². The van der Waals surface area contributed by atoms with Crippen LogP contribution in [0.3, 0.4) is 0 Å². The van der Waals surface area contributed by atoms with Crippen LogP contribution in [-0.2, 0) is 4.74 Å². The van der Waals surface area contributed by atoms with Gasteiger partial charge in [-0.3, -0.25) is 0 Å². The average Bonchev–Trinajstić information content (AvgIpc) is 2.18. The van der Waals surface area contributed by atoms with Crippen molar-refractivity contribution in [1.82, 2.24) is 0 Å². The predicted octanol–water partition coefficient (Wildman–Crippen LogP) is 3.76. The van der Waals surface area contributed by atoms with Crippen LogP contribution in [0, 0.1) is 0 Å². The molecule has 0 saturated heterocycles. The number of esters is 1. The molecule has 0 saturated carbocycles. The van der Waals surface area contributed by atoms with Crippen molar-refractivity contribution < 1.29 is 9.53 Å². The lowest BCUT2D eigenvalue weighted by Crippen LogP contribution is -2.02. The molecule has 4 heteroatoms. The highest BCUT2D eigenvalue weighted by Crippen LogP contribution is 2.18. The van der Waals surface area contributed by atoms with Crippen molar-refractivity contribution >= 4 is 35.2 Å². The summed E-state index contributed by atoms with van der Waals surface area (Å²) in [5, 5.41) is 0. The smallest absolute Gasteiger partial charge is 0.343 e. The van der Waals surface area contributed by atoms with Crippen molar-refractivity contribution in [2.24, 2.45) is 0 Å². The van der Waals surface area contributed by atoms with Gasteiger partial charge in [0.05, 0.1) is 11.8 Å². The van der Waals surface area contributed by atoms with E-state index < -0.39 is 5.97 Å². The van der Waals surface area contributed by atoms with E-state index in [-0.39, 0.29) is 4.49 Å². The van der Waals surface area contributed by atoms with Gasteiger partial charge in [0.2, 0.25) is 0 Å². The number of hydrogen-bond acceptors (Lipinski definition) is 2. The Morgan fingerprint density at radius 3 is 2.60 bits per heavy atom. The molecular formula is C11H8Cl2O2. The summed E-state index contributed by atoms with van der Waals surface area (Å²) >= 11 is 11.0. The van der Waals surface area contributed by atoms with Crippen LogP contribution in [0.15, 0.2) is 41.6 Å². The van der Waals surface area contributed by atoms with E-state index in [2.05, 4.69) is 11.3 Å². The minimum Gasteiger partial charge on any atom is -0.432 e. The average molecular weight is 243 g/mol. The zero-order valence-electron chi connectivity index (χ0n) is 7.74. The largest absolute Gasteiger partial charge is 0.432 e. The van der Waals surface area contributed by atoms with Gasteiger partial charge in [-0.2, -0.15) is 0 Å². The number of hydrogen-bond donors (Lipinski definition) is 0. The summed E-state index contributed by atoms with van der Waals surface area (Å²) in [6.45, 7) is 3.31. The van der Waals surface area contributed by atoms with Crippen molar-refractivity contribution in [3.8, 4) is 0 Å². The molecule has 0 aliphatic heterocycles. The first-order valence-corrected chi connectivity index (χ1v) is 4.84. The first-order chi connectivity index (χ1) is 7.15. The lowest BCUT2D eigenvalue weighted by Gasteiger charge is -2.03. The molecule has 15 heavy (non-hydrogen) atoms. The Morgan fingerprint density at radius 2 is 2.00 bits per heavy atom. The predicted molar refractivity (Wildman–Crippen MR) is 61.7 cm³/mol. The highest BCUT2D eigenvalue weighted by atomic mass is 35.5. The fourth-order valence-corrected chi connectivity index (χ4v) is 1.30. The molecule has 0 aromatic heterocycles. The molecule has 0 aliphatic carbocycles. The summed E-state index contributed by atoms with van der Waals surface area (Å²) in [6.07, 6.45) is 2.55. The zero-order valence-corrected chi connectivity index (χ0v) is 9.26. The van der Waals surface area contributed by atoms with Crippen LogP contribution in [0.2, 0.25) is 0 Å². The molecular weight excluding hydrogens is 235 g/mol. The standard InChI is InChI=1S/C11H8Cl2O2/c1-2-15-11(14)9-6-4-3-5-8(9)7-10(12)13/h2-7H,1H2. The maximum Gasteiger partial charge on any atom is 0.343 e. The van der Waals surface area contributed by atoms with Gasteiger partial charge in [-0.05, 0) is 17.7 Å². The quantitative estimate of drug-likeness (QED) is 0.596. The van der Waals surface area contributed by atoms with Crippen LogP contribution >= 0.6 is 23.2 Å². The molecule has 0 radical (unpaired) electrons. The minimum atomic E-state index is -0.494. The molecule has 0 spiro atoms. The van der Waals surface area contributed by atoms with Gasteiger partial charge in [0.15, 0.2) is 0 Å². The van der Waals surface area contributed by atoms with E-state index in [4.69, 9.17) is 23.2 Å². The maximum atomic E-state index is 11.4. The maximum absolute atomic E-state index is 11.4. The Hall–Kier alpha value is -1.25. The molecule has 2 nitrogen and oxygen atoms in total. The lowest BCUT2D eigenvalue weighted by molar-refractivity contribution is 0.0664. The number of halogens is 2. The van der Waals surface area contributed by atoms with Crippen molar-refractivity contribution in [3.63, 3.8) is 0 Å². The Balaban J connectivity index is 3.11. The normalized spacial score (nSPS) is 9.20. The molecule has 0 unspecified atom stereocenters. The van der Waals surface area contributed by atoms with Crippen molar-refractivity contribution in [1.29, 1.82) is 0 Å². The molecule has 0 heterocycles. The van der Waals surface area contributed by atoms with E-state index in [0.717, 1.165) is 6.26 Å². The van der Waals surface area contributed by atoms with E-state index >= 15 is 0 Å². The molecule has 0 bridgehead atoms. The van der Waals surface area contributed by atoms with Crippen LogP contribution in [-0.4, -0.2) is 5.97 Å². The fraction of sp³-hybridized carbons (Fsp3) is 0. The molecule has 1 aromatic carbocycles. The molecule has 1 rings (SSSR count). The third kappa shape index (κ3) is 3.42. The number of carbonyl (C=O) groups excluding carboxylic acids is 1. The van der Waals surface area contributed by atoms with Gasteiger partial charge in [-0.25, -0.2) is 4.79 Å². The molecule has 0 aliphatic rings. The Labute approximate surface area is 97.8 Å². The van der Waals surface area contributed by atoms with Gasteiger partial charge in [-0.1, -0.05) is 48.0 Å². The van der Waals surface area contributed by atoms with E-state index in [1.54, 1.807) is 24.3 Å². The Bertz CT molecular complexity index is 407. The summed E-state index contributed by atoms with van der Waals surface area (Å²) in [7, 11) is 0. The van der Waals surface area contributed by atoms with Crippen LogP contribution in [0.1, 0.15) is 15.9 Å². The molecule has 0 amide bonds. The van der Waals surface area contributed by atoms with Gasteiger partial charge in [-0.15, -0.1) is 0 Å². The number of benzene rings is 1. The summed E-state index contributed by atoms with van der Waals surface area (Å²) in [5.41, 5.74) is 0.987. The molecule has 0 atom stereocenters. The topological polar surface area (TPSA) is 26.3 Å². The Morgan fingerprint density at radius 1 is 1.33 bits per heavy atom. The van der Waals surface area contributed by atoms with Gasteiger partial charge in [0.1, 0.15) is 4.49 Å². The Kier molecular flexibility index (Phi) is 4.40. The van der Waals surface area contributed by atoms with Gasteiger partial charge >= 0.3 is 5.97 Å². The van der Waals surface area contributed by atoms with Crippen LogP contribution in [0.5, 0.6) is 0 Å². The third-order valence-corrected chi connectivity index (χ3v) is 1.85. The number of rotatable bonds is 3. The van der Waals surface area contributed by atoms with E-state index in [0.29, 0.717) is 11.1 Å². The second kappa shape index (κ2) is 5.59. The number of carbonyl (C=O) groups is 1. The summed E-state index contributed by atoms with van der Waals surface area (Å²) < 4.78 is 4.74. The highest BCUT2D eigenvalue weighted by Gasteiger charge is 2.09. The van der Waals surface area contributed by atoms with Crippen LogP contribution < -0.4 is 0 Å². The second-order valence-electron chi connectivity index (χ2n) is 2.59. The fourth-order valence-electron chi connectivity index (χ4n) is 1.07. The van der Waals surface area contributed by atoms with Crippen molar-refractivity contribution in [3.05, 3.63) is 52.7 Å². The first kappa shape index (κ1) is 11.8. The van der Waals surface area contributed by atoms with E-state index in [1.165, 1.54) is 6.08 Å². The van der Waals surface area contributed by atoms with Crippen LogP contribution in [0.4, 0.5) is 0 Å². The SMILES string of the molecule is C=COC(=O)c1ccccc1C=C(Cl)Cl. The first-order valence-electron chi connectivity index (χ1n) is 4.08. The third-order valence-electron chi connectivity index (χ3n) is 1.64. The molecule has 1 aromatic rings. The number of ether oxygens (including phenoxy) is 1. The lowest BCUT2D eigenvalue weighted by atomic mass is 10.1. The monoisotopic (exact) mass is 242 g/mol. The summed E-state index contributed by atoms with van der Waals surface area (Å²) in [5.74, 6) is -0.494. The highest BCUT2D eigenvalue weighted by molar-refractivity contribution is 6.57. The second-order valence-corrected chi connectivity index (χ2v) is 3.60. The van der Waals surface area contributed by atoms with Crippen LogP contribution in [0.25, 0.3) is 6.08 Å². The van der Waals surface area contributed by atoms with Gasteiger partial charge < -0.3 is 4.74 Å².